The summed E-state index contributed by atoms with van der Waals surface area (Å²) in [4.78, 5) is 19.3. The van der Waals surface area contributed by atoms with Crippen LogP contribution in [0.4, 0.5) is 9.18 Å². The molecule has 1 unspecified atom stereocenters. The Labute approximate surface area is 201 Å². The molecule has 1 aromatic heterocycles. The number of carbonyl (C=O) groups is 1. The van der Waals surface area contributed by atoms with Crippen molar-refractivity contribution in [3.63, 3.8) is 0 Å². The molecule has 1 N–H and O–H groups in total. The highest BCUT2D eigenvalue weighted by molar-refractivity contribution is 5.86. The molecule has 2 heterocycles. The summed E-state index contributed by atoms with van der Waals surface area (Å²) in [5, 5.41) is 7.20. The van der Waals surface area contributed by atoms with Crippen LogP contribution in [0.2, 0.25) is 0 Å². The molecule has 1 aliphatic heterocycles. The number of ether oxygens (including phenoxy) is 1. The molecule has 0 saturated carbocycles. The predicted octanol–water partition coefficient (Wildman–Crippen LogP) is 5.58. The van der Waals surface area contributed by atoms with Gasteiger partial charge in [-0.15, -0.1) is 0 Å². The van der Waals surface area contributed by atoms with E-state index in [-0.39, 0.29) is 24.3 Å². The van der Waals surface area contributed by atoms with Gasteiger partial charge < -0.3 is 14.6 Å². The Bertz CT molecular complexity index is 1380. The van der Waals surface area contributed by atoms with E-state index in [2.05, 4.69) is 15.5 Å². The van der Waals surface area contributed by atoms with Crippen LogP contribution in [0.15, 0.2) is 89.1 Å². The molecule has 0 radical (unpaired) electrons. The predicted molar refractivity (Wildman–Crippen MR) is 129 cm³/mol. The first-order valence-corrected chi connectivity index (χ1v) is 11.1. The van der Waals surface area contributed by atoms with Gasteiger partial charge in [-0.1, -0.05) is 53.7 Å². The minimum atomic E-state index is -0.510. The van der Waals surface area contributed by atoms with Gasteiger partial charge in [-0.05, 0) is 42.8 Å². The molecule has 7 nitrogen and oxygen atoms in total. The van der Waals surface area contributed by atoms with Gasteiger partial charge in [0.2, 0.25) is 5.82 Å². The monoisotopic (exact) mass is 470 g/mol. The first-order chi connectivity index (χ1) is 17.0. The van der Waals surface area contributed by atoms with Crippen molar-refractivity contribution in [2.45, 2.75) is 19.5 Å². The molecule has 2 amide bonds. The lowest BCUT2D eigenvalue weighted by molar-refractivity contribution is 0.202. The van der Waals surface area contributed by atoms with Gasteiger partial charge in [0.25, 0.3) is 5.89 Å². The third kappa shape index (κ3) is 4.38. The highest BCUT2D eigenvalue weighted by Crippen LogP contribution is 2.38. The Morgan fingerprint density at radius 1 is 1.03 bits per heavy atom. The van der Waals surface area contributed by atoms with E-state index in [9.17, 15) is 9.18 Å². The maximum atomic E-state index is 14.4. The Kier molecular flexibility index (Phi) is 6.01. The maximum absolute atomic E-state index is 14.4. The zero-order valence-corrected chi connectivity index (χ0v) is 19.2. The maximum Gasteiger partial charge on any atom is 0.322 e. The van der Waals surface area contributed by atoms with Crippen molar-refractivity contribution in [2.24, 2.45) is 0 Å². The minimum Gasteiger partial charge on any atom is -0.497 e. The van der Waals surface area contributed by atoms with Gasteiger partial charge in [0.05, 0.1) is 25.3 Å². The average Bonchev–Trinajstić information content (AvgIpc) is 3.37. The smallest absolute Gasteiger partial charge is 0.322 e. The molecule has 0 aliphatic carbocycles. The number of halogens is 1. The molecule has 0 fully saturated rings. The lowest BCUT2D eigenvalue weighted by Crippen LogP contribution is -2.45. The number of urea groups is 1. The quantitative estimate of drug-likeness (QED) is 0.398. The molecule has 3 aromatic carbocycles. The molecule has 0 bridgehead atoms. The van der Waals surface area contributed by atoms with Crippen LogP contribution in [0.25, 0.3) is 17.0 Å². The van der Waals surface area contributed by atoms with Gasteiger partial charge in [-0.2, -0.15) is 4.98 Å². The van der Waals surface area contributed by atoms with Gasteiger partial charge in [-0.25, -0.2) is 9.18 Å². The average molecular weight is 471 g/mol. The summed E-state index contributed by atoms with van der Waals surface area (Å²) < 4.78 is 25.3. The molecule has 1 atom stereocenters. The van der Waals surface area contributed by atoms with Crippen LogP contribution in [0.3, 0.4) is 0 Å². The Hall–Kier alpha value is -4.46. The second-order valence-corrected chi connectivity index (χ2v) is 8.12. The lowest BCUT2D eigenvalue weighted by atomic mass is 9.94. The molecule has 0 spiro atoms. The van der Waals surface area contributed by atoms with Crippen LogP contribution < -0.4 is 10.1 Å². The summed E-state index contributed by atoms with van der Waals surface area (Å²) in [6.07, 6.45) is 0. The van der Waals surface area contributed by atoms with Crippen LogP contribution in [-0.2, 0) is 6.54 Å². The van der Waals surface area contributed by atoms with E-state index in [1.54, 1.807) is 25.3 Å². The number of carbonyl (C=O) groups excluding carboxylic acids is 1. The topological polar surface area (TPSA) is 80.5 Å². The number of rotatable bonds is 6. The first kappa shape index (κ1) is 22.3. The molecule has 4 aromatic rings. The van der Waals surface area contributed by atoms with E-state index in [1.807, 2.05) is 61.5 Å². The van der Waals surface area contributed by atoms with Crippen molar-refractivity contribution >= 4 is 11.6 Å². The normalized spacial score (nSPS) is 15.8. The van der Waals surface area contributed by atoms with Gasteiger partial charge in [0, 0.05) is 16.8 Å². The van der Waals surface area contributed by atoms with Crippen LogP contribution >= 0.6 is 0 Å². The van der Waals surface area contributed by atoms with Gasteiger partial charge in [0.15, 0.2) is 0 Å². The number of benzene rings is 3. The molecule has 176 valence electrons. The van der Waals surface area contributed by atoms with E-state index < -0.39 is 6.04 Å². The summed E-state index contributed by atoms with van der Waals surface area (Å²) in [7, 11) is 1.60. The second-order valence-electron chi connectivity index (χ2n) is 8.12. The number of aromatic nitrogens is 2. The molecule has 35 heavy (non-hydrogen) atoms. The summed E-state index contributed by atoms with van der Waals surface area (Å²) in [5.41, 5.74) is 3.29. The fourth-order valence-corrected chi connectivity index (χ4v) is 4.13. The molecule has 8 heteroatoms. The number of nitrogens with one attached hydrogen (secondary N) is 1. The van der Waals surface area contributed by atoms with Crippen LogP contribution in [0.1, 0.15) is 30.0 Å². The van der Waals surface area contributed by atoms with Gasteiger partial charge in [-0.3, -0.25) is 4.90 Å². The fourth-order valence-electron chi connectivity index (χ4n) is 4.13. The zero-order valence-electron chi connectivity index (χ0n) is 19.2. The highest BCUT2D eigenvalue weighted by atomic mass is 19.1. The molecular weight excluding hydrogens is 447 g/mol. The molecule has 1 aliphatic rings. The first-order valence-electron chi connectivity index (χ1n) is 11.1. The molecular formula is C27H23FN4O3. The fraction of sp³-hybridized carbons (Fsp3) is 0.148. The Morgan fingerprint density at radius 2 is 1.74 bits per heavy atom. The summed E-state index contributed by atoms with van der Waals surface area (Å²) in [6, 6.07) is 22.4. The number of hydrogen-bond acceptors (Lipinski definition) is 5. The SMILES string of the molecule is COc1ccc(-c2noc(C3=C(C)N(Cc4ccccc4F)C(=O)NC3c3ccccc3)n2)cc1. The van der Waals surface area contributed by atoms with Gasteiger partial charge in [0.1, 0.15) is 11.6 Å². The summed E-state index contributed by atoms with van der Waals surface area (Å²) in [6.45, 7) is 1.87. The number of nitrogens with zero attached hydrogens (tertiary/aromatic N) is 3. The largest absolute Gasteiger partial charge is 0.497 e. The van der Waals surface area contributed by atoms with Crippen LogP contribution in [0.5, 0.6) is 5.75 Å². The standard InChI is InChI=1S/C27H23FN4O3/c1-17-23(26-30-25(31-35-26)19-12-14-21(34-2)15-13-19)24(18-8-4-3-5-9-18)29-27(33)32(17)16-20-10-6-7-11-22(20)28/h3-15,24H,16H2,1-2H3,(H,29,33). The minimum absolute atomic E-state index is 0.0643. The van der Waals surface area contributed by atoms with Crippen molar-refractivity contribution in [1.82, 2.24) is 20.4 Å². The number of amides is 2. The van der Waals surface area contributed by atoms with E-state index in [1.165, 1.54) is 11.0 Å². The van der Waals surface area contributed by atoms with Crippen molar-refractivity contribution < 1.29 is 18.4 Å². The van der Waals surface area contributed by atoms with Crippen molar-refractivity contribution in [3.8, 4) is 17.1 Å². The van der Waals surface area contributed by atoms with E-state index in [4.69, 9.17) is 9.26 Å². The van der Waals surface area contributed by atoms with Crippen LogP contribution in [0, 0.1) is 5.82 Å². The molecule has 5 rings (SSSR count). The third-order valence-corrected chi connectivity index (χ3v) is 6.02. The Morgan fingerprint density at radius 3 is 2.46 bits per heavy atom. The highest BCUT2D eigenvalue weighted by Gasteiger charge is 2.36. The van der Waals surface area contributed by atoms with E-state index >= 15 is 0 Å². The van der Waals surface area contributed by atoms with E-state index in [0.717, 1.165) is 16.9 Å². The molecule has 0 saturated heterocycles. The number of methoxy groups -OCH3 is 1. The Balaban J connectivity index is 1.58. The lowest BCUT2D eigenvalue weighted by Gasteiger charge is -2.35. The number of hydrogen-bond donors (Lipinski definition) is 1. The van der Waals surface area contributed by atoms with Crippen LogP contribution in [-0.4, -0.2) is 28.2 Å². The van der Waals surface area contributed by atoms with Crippen molar-refractivity contribution in [3.05, 3.63) is 107 Å². The summed E-state index contributed by atoms with van der Waals surface area (Å²) in [5.74, 6) is 1.03. The third-order valence-electron chi connectivity index (χ3n) is 6.02. The zero-order chi connectivity index (χ0) is 24.4. The number of allylic oxidation sites excluding steroid dienone is 1. The van der Waals surface area contributed by atoms with Gasteiger partial charge >= 0.3 is 6.03 Å². The second kappa shape index (κ2) is 9.42. The summed E-state index contributed by atoms with van der Waals surface area (Å²) >= 11 is 0. The van der Waals surface area contributed by atoms with Crippen molar-refractivity contribution in [2.75, 3.05) is 7.11 Å². The van der Waals surface area contributed by atoms with E-state index in [0.29, 0.717) is 22.7 Å². The van der Waals surface area contributed by atoms with Crippen molar-refractivity contribution in [1.29, 1.82) is 0 Å².